The van der Waals surface area contributed by atoms with Crippen LogP contribution in [-0.2, 0) is 26.5 Å². The van der Waals surface area contributed by atoms with E-state index < -0.39 is 5.41 Å². The van der Waals surface area contributed by atoms with Gasteiger partial charge in [-0.2, -0.15) is 0 Å². The molecule has 0 bridgehead atoms. The monoisotopic (exact) mass is 475 g/mol. The zero-order valence-corrected chi connectivity index (χ0v) is 23.4. The Balaban J connectivity index is -0.000000244. The first kappa shape index (κ1) is 37.4. The van der Waals surface area contributed by atoms with Gasteiger partial charge in [0, 0.05) is 27.1 Å². The first-order chi connectivity index (χ1) is 12.7. The Morgan fingerprint density at radius 2 is 1.35 bits per heavy atom. The average Bonchev–Trinajstić information content (AvgIpc) is 3.22. The van der Waals surface area contributed by atoms with Gasteiger partial charge in [-0.3, -0.25) is 0 Å². The summed E-state index contributed by atoms with van der Waals surface area (Å²) < 4.78 is 0. The van der Waals surface area contributed by atoms with E-state index >= 15 is 0 Å². The van der Waals surface area contributed by atoms with Crippen molar-refractivity contribution in [3.05, 3.63) is 89.6 Å². The van der Waals surface area contributed by atoms with Crippen molar-refractivity contribution in [2.75, 3.05) is 0 Å². The summed E-state index contributed by atoms with van der Waals surface area (Å²) in [6, 6.07) is 10.6. The Morgan fingerprint density at radius 3 is 1.71 bits per heavy atom. The summed E-state index contributed by atoms with van der Waals surface area (Å²) in [6.45, 7) is 2.25. The van der Waals surface area contributed by atoms with Gasteiger partial charge >= 0.3 is 0 Å². The van der Waals surface area contributed by atoms with Gasteiger partial charge in [-0.25, -0.2) is 0 Å². The predicted molar refractivity (Wildman–Crippen MR) is 140 cm³/mol. The van der Waals surface area contributed by atoms with Crippen LogP contribution in [0, 0.1) is 35.1 Å². The fourth-order valence-electron chi connectivity index (χ4n) is 4.00. The van der Waals surface area contributed by atoms with E-state index in [1.54, 1.807) is 0 Å². The van der Waals surface area contributed by atoms with Crippen molar-refractivity contribution in [3.63, 3.8) is 0 Å². The van der Waals surface area contributed by atoms with Crippen LogP contribution >= 0.6 is 0 Å². The zero-order valence-electron chi connectivity index (χ0n) is 20.7. The molecule has 2 aliphatic rings. The summed E-state index contributed by atoms with van der Waals surface area (Å²) >= 11 is 0. The first-order valence-corrected chi connectivity index (χ1v) is 11.9. The molecule has 1 N–H and O–H groups in total. The third-order valence-electron chi connectivity index (χ3n) is 5.66. The van der Waals surface area contributed by atoms with Gasteiger partial charge in [-0.1, -0.05) is 111 Å². The molecule has 1 fully saturated rings. The van der Waals surface area contributed by atoms with Crippen LogP contribution in [0.25, 0.3) is 5.73 Å². The van der Waals surface area contributed by atoms with Crippen LogP contribution in [0.15, 0.2) is 54.1 Å². The van der Waals surface area contributed by atoms with E-state index in [2.05, 4.69) is 49.0 Å². The third kappa shape index (κ3) is 12.1. The fourth-order valence-corrected chi connectivity index (χ4v) is 4.61. The van der Waals surface area contributed by atoms with Crippen molar-refractivity contribution in [3.8, 4) is 0 Å². The molecule has 2 aliphatic carbocycles. The molecule has 0 spiro atoms. The smallest absolute Gasteiger partial charge is 0.0635 e. The molecule has 0 unspecified atom stereocenters. The Bertz CT molecular complexity index is 603. The topological polar surface area (TPSA) is 40.9 Å². The Labute approximate surface area is 212 Å². The Hall–Kier alpha value is -0.899. The first-order valence-electron chi connectivity index (χ1n) is 10.2. The van der Waals surface area contributed by atoms with Gasteiger partial charge in [0.2, 0.25) is 0 Å². The van der Waals surface area contributed by atoms with Gasteiger partial charge in [0.15, 0.2) is 0 Å². The van der Waals surface area contributed by atoms with E-state index in [4.69, 9.17) is 5.73 Å². The number of carbonyl (C=O) groups excluding carboxylic acids is 1. The molecule has 4 heteroatoms. The van der Waals surface area contributed by atoms with Gasteiger partial charge in [-0.15, -0.1) is 0 Å². The van der Waals surface area contributed by atoms with Crippen molar-refractivity contribution in [2.45, 2.75) is 70.8 Å². The van der Waals surface area contributed by atoms with Crippen LogP contribution in [0.5, 0.6) is 0 Å². The van der Waals surface area contributed by atoms with Crippen molar-refractivity contribution < 1.29 is 26.5 Å². The number of hydrogen-bond acceptors (Lipinski definition) is 1. The number of allylic oxidation sites excluding steroid dienone is 3. The molecule has 0 atom stereocenters. The van der Waals surface area contributed by atoms with Crippen molar-refractivity contribution >= 4 is 20.6 Å². The van der Waals surface area contributed by atoms with Gasteiger partial charge < -0.3 is 40.2 Å². The molecule has 0 saturated heterocycles. The van der Waals surface area contributed by atoms with Crippen molar-refractivity contribution in [1.82, 2.24) is 0 Å². The van der Waals surface area contributed by atoms with E-state index in [9.17, 15) is 4.79 Å². The number of benzene rings is 1. The van der Waals surface area contributed by atoms with Crippen LogP contribution in [0.1, 0.15) is 64.2 Å². The van der Waals surface area contributed by atoms with Crippen LogP contribution in [0.2, 0.25) is 6.55 Å². The number of nitrogens with one attached hydrogen (secondary N) is 1. The maximum Gasteiger partial charge on any atom is 0.0635 e. The predicted octanol–water partition coefficient (Wildman–Crippen LogP) is 7.56. The maximum absolute atomic E-state index is 12.0. The average molecular weight is 476 g/mol. The third-order valence-corrected chi connectivity index (χ3v) is 6.71. The fraction of sp³-hybridized carbons (Fsp3) is 0.444. The van der Waals surface area contributed by atoms with E-state index in [0.717, 1.165) is 32.1 Å². The molecular formula is C27H45NOSiTi-5. The van der Waals surface area contributed by atoms with Crippen LogP contribution in [-0.4, -0.2) is 15.4 Å². The molecule has 177 valence electrons. The summed E-state index contributed by atoms with van der Waals surface area (Å²) in [4.78, 5) is 12.0. The largest absolute Gasteiger partial charge is 0.667 e. The molecule has 2 nitrogen and oxygen atoms in total. The maximum atomic E-state index is 12.0. The molecule has 1 radical (unpaired) electrons. The molecule has 3 rings (SSSR count). The zero-order chi connectivity index (χ0) is 18.7. The minimum Gasteiger partial charge on any atom is -0.667 e. The molecule has 1 aromatic carbocycles. The quantitative estimate of drug-likeness (QED) is 0.328. The summed E-state index contributed by atoms with van der Waals surface area (Å²) in [7, 11) is 0.511. The molecule has 0 heterocycles. The molecular weight excluding hydrogens is 430 g/mol. The van der Waals surface area contributed by atoms with Crippen molar-refractivity contribution in [1.29, 1.82) is 0 Å². The Kier molecular flexibility index (Phi) is 25.3. The molecule has 1 saturated carbocycles. The molecule has 0 aliphatic heterocycles. The standard InChI is InChI=1S/C16H25NO.C7H9Si.4CH3.Ti/c17-15(18)16(14-10-6-7-11-14)12-8-4-2-1-3-5-9-13-16;1-8-7-5-3-2-4-6-7;;;;;/h6-7,10H,1-5,8-9,11-13H2,(H2,17,18);2-6,8H,1H3;4*1H3;/q;;4*-1;/p-1. The van der Waals surface area contributed by atoms with Crippen molar-refractivity contribution in [2.24, 2.45) is 5.41 Å². The molecule has 1 amide bonds. The molecule has 0 aromatic heterocycles. The number of rotatable bonds is 3. The van der Waals surface area contributed by atoms with Gasteiger partial charge in [0.05, 0.1) is 15.4 Å². The normalized spacial score (nSPS) is 16.6. The van der Waals surface area contributed by atoms with Crippen LogP contribution in [0.4, 0.5) is 0 Å². The second kappa shape index (κ2) is 21.0. The minimum absolute atomic E-state index is 0. The van der Waals surface area contributed by atoms with Gasteiger partial charge in [0.1, 0.15) is 0 Å². The van der Waals surface area contributed by atoms with Gasteiger partial charge in [-0.05, 0) is 19.3 Å². The second-order valence-electron chi connectivity index (χ2n) is 7.41. The number of amides is 1. The summed E-state index contributed by atoms with van der Waals surface area (Å²) in [6.07, 6.45) is 17.5. The molecule has 31 heavy (non-hydrogen) atoms. The van der Waals surface area contributed by atoms with E-state index in [1.165, 1.54) is 42.9 Å². The Morgan fingerprint density at radius 1 is 0.871 bits per heavy atom. The minimum atomic E-state index is -0.457. The number of carbonyl (C=O) groups is 1. The van der Waals surface area contributed by atoms with Crippen LogP contribution in [0.3, 0.4) is 0 Å². The van der Waals surface area contributed by atoms with E-state index in [0.29, 0.717) is 9.52 Å². The summed E-state index contributed by atoms with van der Waals surface area (Å²) in [5.41, 5.74) is 8.51. The SMILES string of the molecule is C[SiH]c1ccccc1.[CH3-].[CH3-].[CH3-].[CH3-].[NH-]C(=O)C1(C2=CC=CC2)CCCCCCCCC1.[Ti]. The second-order valence-corrected chi connectivity index (χ2v) is 8.65. The summed E-state index contributed by atoms with van der Waals surface area (Å²) in [5, 5.41) is 1.49. The number of hydrogen-bond donors (Lipinski definition) is 0. The van der Waals surface area contributed by atoms with E-state index in [-0.39, 0.29) is 57.3 Å². The van der Waals surface area contributed by atoms with Gasteiger partial charge in [0.25, 0.3) is 0 Å². The van der Waals surface area contributed by atoms with E-state index in [1.807, 2.05) is 6.08 Å². The molecule has 1 aromatic rings. The summed E-state index contributed by atoms with van der Waals surface area (Å²) in [5.74, 6) is -0.349. The van der Waals surface area contributed by atoms with Crippen LogP contribution < -0.4 is 5.19 Å².